The molecule has 0 aliphatic carbocycles. The predicted molar refractivity (Wildman–Crippen MR) is 82.2 cm³/mol. The molecule has 108 valence electrons. The van der Waals surface area contributed by atoms with Gasteiger partial charge in [0.2, 0.25) is 5.13 Å². The molecule has 1 heterocycles. The molecule has 0 spiro atoms. The first-order chi connectivity index (χ1) is 9.72. The lowest BCUT2D eigenvalue weighted by Gasteiger charge is -2.16. The molecular weight excluding hydrogens is 272 g/mol. The second-order valence-corrected chi connectivity index (χ2v) is 5.58. The number of aromatic nitrogens is 2. The molecule has 1 N–H and O–H groups in total. The van der Waals surface area contributed by atoms with E-state index >= 15 is 0 Å². The first-order valence-corrected chi connectivity index (χ1v) is 7.41. The smallest absolute Gasteiger partial charge is 0.205 e. The standard InChI is InChI=1S/C14H20N4OS/c1-4-15-14-17-16-13(20-14)10-18(2)9-11-7-5-6-8-12(11)19-3/h5-8H,4,9-10H2,1-3H3,(H,15,17). The highest BCUT2D eigenvalue weighted by molar-refractivity contribution is 7.15. The molecule has 0 bridgehead atoms. The SMILES string of the molecule is CCNc1nnc(CN(C)Cc2ccccc2OC)s1. The average Bonchev–Trinajstić information content (AvgIpc) is 2.87. The Hall–Kier alpha value is -1.66. The van der Waals surface area contributed by atoms with Crippen molar-refractivity contribution in [2.45, 2.75) is 20.0 Å². The van der Waals surface area contributed by atoms with Crippen molar-refractivity contribution in [1.82, 2.24) is 15.1 Å². The zero-order valence-corrected chi connectivity index (χ0v) is 12.9. The van der Waals surface area contributed by atoms with Gasteiger partial charge in [-0.15, -0.1) is 10.2 Å². The van der Waals surface area contributed by atoms with Gasteiger partial charge < -0.3 is 10.1 Å². The van der Waals surface area contributed by atoms with E-state index in [9.17, 15) is 0 Å². The maximum Gasteiger partial charge on any atom is 0.205 e. The second kappa shape index (κ2) is 7.21. The molecule has 0 fully saturated rings. The topological polar surface area (TPSA) is 50.3 Å². The van der Waals surface area contributed by atoms with Crippen molar-refractivity contribution in [3.8, 4) is 5.75 Å². The lowest BCUT2D eigenvalue weighted by Crippen LogP contribution is -2.17. The van der Waals surface area contributed by atoms with E-state index in [-0.39, 0.29) is 0 Å². The van der Waals surface area contributed by atoms with Crippen molar-refractivity contribution in [3.05, 3.63) is 34.8 Å². The third-order valence-electron chi connectivity index (χ3n) is 2.83. The van der Waals surface area contributed by atoms with Crippen LogP contribution in [-0.4, -0.2) is 35.8 Å². The Kier molecular flexibility index (Phi) is 5.31. The molecule has 0 saturated heterocycles. The third-order valence-corrected chi connectivity index (χ3v) is 3.70. The van der Waals surface area contributed by atoms with Gasteiger partial charge in [0.1, 0.15) is 10.8 Å². The monoisotopic (exact) mass is 292 g/mol. The first-order valence-electron chi connectivity index (χ1n) is 6.59. The molecule has 1 aromatic carbocycles. The summed E-state index contributed by atoms with van der Waals surface area (Å²) in [5.41, 5.74) is 1.17. The van der Waals surface area contributed by atoms with Crippen LogP contribution in [0, 0.1) is 0 Å². The molecule has 6 heteroatoms. The summed E-state index contributed by atoms with van der Waals surface area (Å²) in [6, 6.07) is 8.08. The fourth-order valence-corrected chi connectivity index (χ4v) is 2.84. The number of nitrogens with one attached hydrogen (secondary N) is 1. The van der Waals surface area contributed by atoms with Gasteiger partial charge in [-0.3, -0.25) is 4.90 Å². The minimum atomic E-state index is 0.779. The van der Waals surface area contributed by atoms with E-state index in [1.807, 2.05) is 18.2 Å². The maximum absolute atomic E-state index is 5.37. The van der Waals surface area contributed by atoms with Crippen LogP contribution in [0.2, 0.25) is 0 Å². The number of hydrogen-bond acceptors (Lipinski definition) is 6. The summed E-state index contributed by atoms with van der Waals surface area (Å²) in [6.45, 7) is 4.52. The molecule has 0 unspecified atom stereocenters. The molecule has 5 nitrogen and oxygen atoms in total. The fraction of sp³-hybridized carbons (Fsp3) is 0.429. The van der Waals surface area contributed by atoms with Crippen LogP contribution in [0.25, 0.3) is 0 Å². The molecule has 0 saturated carbocycles. The third kappa shape index (κ3) is 3.91. The number of hydrogen-bond donors (Lipinski definition) is 1. The van der Waals surface area contributed by atoms with Crippen molar-refractivity contribution >= 4 is 16.5 Å². The summed E-state index contributed by atoms with van der Waals surface area (Å²) in [4.78, 5) is 2.20. The summed E-state index contributed by atoms with van der Waals surface area (Å²) in [7, 11) is 3.77. The minimum Gasteiger partial charge on any atom is -0.496 e. The number of methoxy groups -OCH3 is 1. The second-order valence-electron chi connectivity index (χ2n) is 4.52. The zero-order chi connectivity index (χ0) is 14.4. The van der Waals surface area contributed by atoms with Crippen LogP contribution in [-0.2, 0) is 13.1 Å². The number of benzene rings is 1. The fourth-order valence-electron chi connectivity index (χ4n) is 1.95. The number of nitrogens with zero attached hydrogens (tertiary/aromatic N) is 3. The Labute approximate surface area is 123 Å². The van der Waals surface area contributed by atoms with Gasteiger partial charge in [-0.1, -0.05) is 29.5 Å². The first kappa shape index (κ1) is 14.7. The minimum absolute atomic E-state index is 0.779. The summed E-state index contributed by atoms with van der Waals surface area (Å²) < 4.78 is 5.37. The van der Waals surface area contributed by atoms with Gasteiger partial charge >= 0.3 is 0 Å². The molecule has 0 atom stereocenters. The van der Waals surface area contributed by atoms with Crippen molar-refractivity contribution in [1.29, 1.82) is 0 Å². The summed E-state index contributed by atoms with van der Waals surface area (Å²) in [5, 5.41) is 13.4. The summed E-state index contributed by atoms with van der Waals surface area (Å²) in [6.07, 6.45) is 0. The summed E-state index contributed by atoms with van der Waals surface area (Å²) in [5.74, 6) is 0.921. The van der Waals surface area contributed by atoms with Gasteiger partial charge in [-0.25, -0.2) is 0 Å². The number of rotatable bonds is 7. The molecule has 0 radical (unpaired) electrons. The predicted octanol–water partition coefficient (Wildman–Crippen LogP) is 2.61. The molecule has 20 heavy (non-hydrogen) atoms. The maximum atomic E-state index is 5.37. The van der Waals surface area contributed by atoms with Crippen molar-refractivity contribution < 1.29 is 4.74 Å². The van der Waals surface area contributed by atoms with Crippen molar-refractivity contribution in [3.63, 3.8) is 0 Å². The Morgan fingerprint density at radius 2 is 2.05 bits per heavy atom. The number of para-hydroxylation sites is 1. The largest absolute Gasteiger partial charge is 0.496 e. The van der Waals surface area contributed by atoms with Crippen molar-refractivity contribution in [2.75, 3.05) is 26.0 Å². The quantitative estimate of drug-likeness (QED) is 0.850. The van der Waals surface area contributed by atoms with Crippen LogP contribution < -0.4 is 10.1 Å². The zero-order valence-electron chi connectivity index (χ0n) is 12.1. The normalized spacial score (nSPS) is 10.8. The van der Waals surface area contributed by atoms with Crippen molar-refractivity contribution in [2.24, 2.45) is 0 Å². The molecule has 1 aromatic heterocycles. The molecular formula is C14H20N4OS. The lowest BCUT2D eigenvalue weighted by atomic mass is 10.2. The highest BCUT2D eigenvalue weighted by Crippen LogP contribution is 2.21. The van der Waals surface area contributed by atoms with Gasteiger partial charge in [-0.2, -0.15) is 0 Å². The highest BCUT2D eigenvalue weighted by Gasteiger charge is 2.09. The Balaban J connectivity index is 1.95. The molecule has 0 aliphatic rings. The van der Waals surface area contributed by atoms with Gasteiger partial charge in [-0.05, 0) is 20.0 Å². The van der Waals surface area contributed by atoms with Crippen LogP contribution in [0.15, 0.2) is 24.3 Å². The van der Waals surface area contributed by atoms with E-state index in [0.717, 1.165) is 35.5 Å². The van der Waals surface area contributed by atoms with Gasteiger partial charge in [0.25, 0.3) is 0 Å². The van der Waals surface area contributed by atoms with E-state index < -0.39 is 0 Å². The molecule has 0 aliphatic heterocycles. The van der Waals surface area contributed by atoms with Gasteiger partial charge in [0, 0.05) is 18.7 Å². The average molecular weight is 292 g/mol. The molecule has 0 amide bonds. The van der Waals surface area contributed by atoms with Crippen LogP contribution in [0.5, 0.6) is 5.75 Å². The number of anilines is 1. The van der Waals surface area contributed by atoms with E-state index in [2.05, 4.69) is 40.5 Å². The van der Waals surface area contributed by atoms with Crippen LogP contribution in [0.3, 0.4) is 0 Å². The molecule has 2 aromatic rings. The van der Waals surface area contributed by atoms with E-state index in [0.29, 0.717) is 0 Å². The Bertz CT molecular complexity index is 543. The Morgan fingerprint density at radius 1 is 1.25 bits per heavy atom. The van der Waals surface area contributed by atoms with E-state index in [4.69, 9.17) is 4.74 Å². The highest BCUT2D eigenvalue weighted by atomic mass is 32.1. The molecule has 2 rings (SSSR count). The van der Waals surface area contributed by atoms with Crippen LogP contribution >= 0.6 is 11.3 Å². The van der Waals surface area contributed by atoms with Gasteiger partial charge in [0.15, 0.2) is 0 Å². The lowest BCUT2D eigenvalue weighted by molar-refractivity contribution is 0.309. The van der Waals surface area contributed by atoms with Crippen LogP contribution in [0.1, 0.15) is 17.5 Å². The summed E-state index contributed by atoms with van der Waals surface area (Å²) >= 11 is 1.60. The van der Waals surface area contributed by atoms with E-state index in [1.165, 1.54) is 5.56 Å². The Morgan fingerprint density at radius 3 is 2.80 bits per heavy atom. The number of ether oxygens (including phenoxy) is 1. The van der Waals surface area contributed by atoms with Crippen LogP contribution in [0.4, 0.5) is 5.13 Å². The van der Waals surface area contributed by atoms with Gasteiger partial charge in [0.05, 0.1) is 13.7 Å². The van der Waals surface area contributed by atoms with E-state index in [1.54, 1.807) is 18.4 Å².